The van der Waals surface area contributed by atoms with E-state index in [4.69, 9.17) is 0 Å². The normalized spacial score (nSPS) is 11.3. The first-order valence-electron chi connectivity index (χ1n) is 11.0. The number of aromatic nitrogens is 2. The molecule has 1 aromatic heterocycles. The van der Waals surface area contributed by atoms with Crippen molar-refractivity contribution in [3.8, 4) is 5.69 Å². The van der Waals surface area contributed by atoms with Crippen LogP contribution >= 0.6 is 0 Å². The molecule has 1 N–H and O–H groups in total. The lowest BCUT2D eigenvalue weighted by Crippen LogP contribution is -2.30. The first-order chi connectivity index (χ1) is 17.1. The highest BCUT2D eigenvalue weighted by Crippen LogP contribution is 2.24. The Morgan fingerprint density at radius 2 is 1.58 bits per heavy atom. The maximum Gasteiger partial charge on any atom is 0.295 e. The number of para-hydroxylation sites is 2. The molecule has 0 spiro atoms. The van der Waals surface area contributed by atoms with Gasteiger partial charge in [0.05, 0.1) is 29.9 Å². The maximum absolute atomic E-state index is 14.3. The van der Waals surface area contributed by atoms with E-state index < -0.39 is 21.7 Å². The summed E-state index contributed by atoms with van der Waals surface area (Å²) in [7, 11) is -2.03. The molecule has 10 heteroatoms. The van der Waals surface area contributed by atoms with E-state index in [0.717, 1.165) is 10.6 Å². The van der Waals surface area contributed by atoms with Gasteiger partial charge in [0.1, 0.15) is 11.5 Å². The summed E-state index contributed by atoms with van der Waals surface area (Å²) in [5.74, 6) is -1.14. The van der Waals surface area contributed by atoms with E-state index in [2.05, 4.69) is 5.32 Å². The molecule has 0 unspecified atom stereocenters. The number of sulfonamides is 1. The second kappa shape index (κ2) is 9.82. The largest absolute Gasteiger partial charge is 0.316 e. The lowest BCUT2D eigenvalue weighted by molar-refractivity contribution is 0.102. The number of hydrogen-bond donors (Lipinski definition) is 1. The van der Waals surface area contributed by atoms with Crippen LogP contribution in [0.25, 0.3) is 5.69 Å². The van der Waals surface area contributed by atoms with Gasteiger partial charge in [0.25, 0.3) is 11.5 Å². The molecule has 0 atom stereocenters. The lowest BCUT2D eigenvalue weighted by atomic mass is 10.1. The monoisotopic (exact) mass is 508 g/mol. The molecule has 0 aliphatic carbocycles. The van der Waals surface area contributed by atoms with Crippen molar-refractivity contribution in [1.29, 1.82) is 0 Å². The molecule has 1 amide bonds. The van der Waals surface area contributed by atoms with E-state index in [0.29, 0.717) is 16.9 Å². The molecule has 0 fully saturated rings. The van der Waals surface area contributed by atoms with Crippen molar-refractivity contribution in [3.63, 3.8) is 0 Å². The van der Waals surface area contributed by atoms with Gasteiger partial charge in [-0.1, -0.05) is 42.5 Å². The van der Waals surface area contributed by atoms with Crippen LogP contribution in [0.3, 0.4) is 0 Å². The molecular formula is C26H25FN4O4S. The minimum Gasteiger partial charge on any atom is -0.316 e. The van der Waals surface area contributed by atoms with Crippen LogP contribution in [0.4, 0.5) is 15.8 Å². The van der Waals surface area contributed by atoms with Crippen molar-refractivity contribution < 1.29 is 17.6 Å². The van der Waals surface area contributed by atoms with E-state index in [1.165, 1.54) is 35.0 Å². The number of carbonyl (C=O) groups is 1. The second-order valence-corrected chi connectivity index (χ2v) is 10.2. The van der Waals surface area contributed by atoms with Crippen LogP contribution in [0.5, 0.6) is 0 Å². The minimum atomic E-state index is -3.77. The number of nitrogens with zero attached hydrogens (tertiary/aromatic N) is 3. The summed E-state index contributed by atoms with van der Waals surface area (Å²) in [5, 5.41) is 2.69. The molecule has 8 nitrogen and oxygen atoms in total. The van der Waals surface area contributed by atoms with Gasteiger partial charge < -0.3 is 5.32 Å². The van der Waals surface area contributed by atoms with E-state index in [1.54, 1.807) is 49.0 Å². The van der Waals surface area contributed by atoms with Crippen LogP contribution in [0.15, 0.2) is 83.7 Å². The SMILES string of the molecule is Cc1c(NC(=O)c2ccc(CN(c3ccccc3F)S(C)(=O)=O)cc2)c(=O)n(-c2ccccc2)n1C. The molecule has 0 bridgehead atoms. The van der Waals surface area contributed by atoms with Gasteiger partial charge >= 0.3 is 0 Å². The molecular weight excluding hydrogens is 483 g/mol. The zero-order valence-corrected chi connectivity index (χ0v) is 20.8. The van der Waals surface area contributed by atoms with Crippen molar-refractivity contribution >= 4 is 27.3 Å². The first kappa shape index (κ1) is 24.9. The van der Waals surface area contributed by atoms with Crippen molar-refractivity contribution in [1.82, 2.24) is 9.36 Å². The van der Waals surface area contributed by atoms with Gasteiger partial charge in [0.2, 0.25) is 10.0 Å². The highest BCUT2D eigenvalue weighted by atomic mass is 32.2. The zero-order valence-electron chi connectivity index (χ0n) is 20.0. The quantitative estimate of drug-likeness (QED) is 0.411. The third-order valence-electron chi connectivity index (χ3n) is 5.86. The van der Waals surface area contributed by atoms with Gasteiger partial charge in [-0.15, -0.1) is 0 Å². The molecule has 4 rings (SSSR count). The van der Waals surface area contributed by atoms with Crippen molar-refractivity contribution in [3.05, 3.63) is 112 Å². The van der Waals surface area contributed by atoms with Crippen molar-refractivity contribution in [2.75, 3.05) is 15.9 Å². The van der Waals surface area contributed by atoms with Crippen LogP contribution < -0.4 is 15.2 Å². The first-order valence-corrected chi connectivity index (χ1v) is 12.9. The predicted molar refractivity (Wildman–Crippen MR) is 138 cm³/mol. The topological polar surface area (TPSA) is 93.4 Å². The fourth-order valence-corrected chi connectivity index (χ4v) is 4.75. The third kappa shape index (κ3) is 4.94. The Balaban J connectivity index is 1.56. The molecule has 186 valence electrons. The zero-order chi connectivity index (χ0) is 26.0. The molecule has 36 heavy (non-hydrogen) atoms. The number of halogens is 1. The molecule has 3 aromatic carbocycles. The summed E-state index contributed by atoms with van der Waals surface area (Å²) in [6.45, 7) is 1.63. The molecule has 0 aliphatic rings. The molecule has 4 aromatic rings. The number of amides is 1. The Morgan fingerprint density at radius 1 is 0.972 bits per heavy atom. The fraction of sp³-hybridized carbons (Fsp3) is 0.154. The van der Waals surface area contributed by atoms with Gasteiger partial charge in [0.15, 0.2) is 0 Å². The van der Waals surface area contributed by atoms with E-state index >= 15 is 0 Å². The van der Waals surface area contributed by atoms with Crippen LogP contribution in [-0.2, 0) is 23.6 Å². The van der Waals surface area contributed by atoms with Crippen LogP contribution in [0.2, 0.25) is 0 Å². The van der Waals surface area contributed by atoms with Crippen LogP contribution in [-0.4, -0.2) is 29.9 Å². The Kier molecular flexibility index (Phi) is 6.80. The summed E-state index contributed by atoms with van der Waals surface area (Å²) in [4.78, 5) is 26.0. The highest BCUT2D eigenvalue weighted by molar-refractivity contribution is 7.92. The molecule has 0 aliphatic heterocycles. The standard InChI is InChI=1S/C26H25FN4O4S/c1-18-24(26(33)31(29(18)2)21-9-5-4-6-10-21)28-25(32)20-15-13-19(14-16-20)17-30(36(3,34)35)23-12-8-7-11-22(23)27/h4-16H,17H2,1-3H3,(H,28,32). The number of benzene rings is 3. The summed E-state index contributed by atoms with van der Waals surface area (Å²) in [6, 6.07) is 20.9. The van der Waals surface area contributed by atoms with Crippen molar-refractivity contribution in [2.24, 2.45) is 7.05 Å². The Bertz CT molecular complexity index is 1580. The van der Waals surface area contributed by atoms with E-state index in [9.17, 15) is 22.4 Å². The Hall–Kier alpha value is -4.18. The smallest absolute Gasteiger partial charge is 0.295 e. The van der Waals surface area contributed by atoms with Gasteiger partial charge in [-0.3, -0.25) is 18.6 Å². The van der Waals surface area contributed by atoms with Crippen molar-refractivity contribution in [2.45, 2.75) is 13.5 Å². The number of hydrogen-bond acceptors (Lipinski definition) is 4. The summed E-state index contributed by atoms with van der Waals surface area (Å²) < 4.78 is 43.0. The van der Waals surface area contributed by atoms with Crippen LogP contribution in [0, 0.1) is 12.7 Å². The molecule has 0 saturated heterocycles. The fourth-order valence-electron chi connectivity index (χ4n) is 3.86. The second-order valence-electron chi connectivity index (χ2n) is 8.31. The molecule has 0 saturated carbocycles. The predicted octanol–water partition coefficient (Wildman–Crippen LogP) is 3.84. The summed E-state index contributed by atoms with van der Waals surface area (Å²) in [6.07, 6.45) is 1.01. The number of carbonyl (C=O) groups excluding carboxylic acids is 1. The average Bonchev–Trinajstić information content (AvgIpc) is 3.06. The van der Waals surface area contributed by atoms with E-state index in [-0.39, 0.29) is 29.0 Å². The highest BCUT2D eigenvalue weighted by Gasteiger charge is 2.22. The van der Waals surface area contributed by atoms with E-state index in [1.807, 2.05) is 18.2 Å². The third-order valence-corrected chi connectivity index (χ3v) is 6.98. The van der Waals surface area contributed by atoms with Gasteiger partial charge in [-0.2, -0.15) is 0 Å². The maximum atomic E-state index is 14.3. The Labute approximate surface area is 208 Å². The molecule has 1 heterocycles. The number of nitrogens with one attached hydrogen (secondary N) is 1. The number of anilines is 2. The average molecular weight is 509 g/mol. The van der Waals surface area contributed by atoms with Crippen LogP contribution in [0.1, 0.15) is 21.6 Å². The van der Waals surface area contributed by atoms with Gasteiger partial charge in [-0.05, 0) is 48.9 Å². The summed E-state index contributed by atoms with van der Waals surface area (Å²) >= 11 is 0. The molecule has 0 radical (unpaired) electrons. The van der Waals surface area contributed by atoms with Gasteiger partial charge in [-0.25, -0.2) is 17.5 Å². The summed E-state index contributed by atoms with van der Waals surface area (Å²) in [5.41, 5.74) is 1.84. The lowest BCUT2D eigenvalue weighted by Gasteiger charge is -2.23. The van der Waals surface area contributed by atoms with Gasteiger partial charge in [0, 0.05) is 12.6 Å². The minimum absolute atomic E-state index is 0.0592. The Morgan fingerprint density at radius 3 is 2.19 bits per heavy atom. The number of rotatable bonds is 7.